The predicted octanol–water partition coefficient (Wildman–Crippen LogP) is 4.28. The smallest absolute Gasteiger partial charge is 0.255 e. The molecule has 31 heavy (non-hydrogen) atoms. The van der Waals surface area contributed by atoms with Crippen molar-refractivity contribution in [3.63, 3.8) is 0 Å². The molecule has 0 atom stereocenters. The van der Waals surface area contributed by atoms with E-state index in [2.05, 4.69) is 10.2 Å². The highest BCUT2D eigenvalue weighted by atomic mass is 32.1. The SMILES string of the molecule is NC(=O)C1CCN(c2ccc(NC(=O)c3cccc(OCc4cccs4)c3)cc2)CC1. The molecule has 6 nitrogen and oxygen atoms in total. The summed E-state index contributed by atoms with van der Waals surface area (Å²) in [4.78, 5) is 27.4. The first-order chi connectivity index (χ1) is 15.1. The van der Waals surface area contributed by atoms with E-state index in [-0.39, 0.29) is 17.7 Å². The van der Waals surface area contributed by atoms with Gasteiger partial charge in [0.2, 0.25) is 5.91 Å². The Morgan fingerprint density at radius 3 is 2.52 bits per heavy atom. The lowest BCUT2D eigenvalue weighted by Crippen LogP contribution is -2.38. The fourth-order valence-electron chi connectivity index (χ4n) is 3.66. The molecule has 2 heterocycles. The Labute approximate surface area is 185 Å². The van der Waals surface area contributed by atoms with Gasteiger partial charge in [-0.1, -0.05) is 12.1 Å². The molecule has 0 spiro atoms. The first kappa shape index (κ1) is 20.9. The zero-order chi connectivity index (χ0) is 21.6. The van der Waals surface area contributed by atoms with Crippen LogP contribution in [0.15, 0.2) is 66.0 Å². The minimum Gasteiger partial charge on any atom is -0.488 e. The van der Waals surface area contributed by atoms with Crippen molar-refractivity contribution >= 4 is 34.5 Å². The number of amides is 2. The van der Waals surface area contributed by atoms with Gasteiger partial charge in [0.1, 0.15) is 12.4 Å². The van der Waals surface area contributed by atoms with Gasteiger partial charge in [-0.3, -0.25) is 9.59 Å². The number of carbonyl (C=O) groups is 2. The van der Waals surface area contributed by atoms with E-state index >= 15 is 0 Å². The Morgan fingerprint density at radius 1 is 1.06 bits per heavy atom. The number of anilines is 2. The van der Waals surface area contributed by atoms with E-state index in [0.29, 0.717) is 17.9 Å². The molecule has 3 N–H and O–H groups in total. The Balaban J connectivity index is 1.33. The molecule has 1 aliphatic rings. The second-order valence-electron chi connectivity index (χ2n) is 7.56. The van der Waals surface area contributed by atoms with Crippen molar-refractivity contribution in [1.82, 2.24) is 0 Å². The molecule has 0 aliphatic carbocycles. The largest absolute Gasteiger partial charge is 0.488 e. The molecule has 7 heteroatoms. The van der Waals surface area contributed by atoms with Crippen LogP contribution >= 0.6 is 11.3 Å². The van der Waals surface area contributed by atoms with Gasteiger partial charge in [-0.2, -0.15) is 0 Å². The number of thiophene rings is 1. The number of hydrogen-bond acceptors (Lipinski definition) is 5. The van der Waals surface area contributed by atoms with Gasteiger partial charge in [-0.15, -0.1) is 11.3 Å². The molecule has 0 saturated carbocycles. The van der Waals surface area contributed by atoms with Crippen molar-refractivity contribution in [2.75, 3.05) is 23.3 Å². The Morgan fingerprint density at radius 2 is 1.84 bits per heavy atom. The van der Waals surface area contributed by atoms with E-state index < -0.39 is 0 Å². The van der Waals surface area contributed by atoms with E-state index in [1.165, 1.54) is 0 Å². The van der Waals surface area contributed by atoms with Gasteiger partial charge in [-0.05, 0) is 66.8 Å². The van der Waals surface area contributed by atoms with Crippen LogP contribution < -0.4 is 20.7 Å². The van der Waals surface area contributed by atoms with Crippen molar-refractivity contribution in [3.8, 4) is 5.75 Å². The van der Waals surface area contributed by atoms with Crippen LogP contribution in [0.25, 0.3) is 0 Å². The van der Waals surface area contributed by atoms with Gasteiger partial charge in [0.25, 0.3) is 5.91 Å². The number of carbonyl (C=O) groups excluding carboxylic acids is 2. The molecular weight excluding hydrogens is 410 g/mol. The van der Waals surface area contributed by atoms with Gasteiger partial charge in [0.05, 0.1) is 0 Å². The molecule has 0 bridgehead atoms. The van der Waals surface area contributed by atoms with Crippen LogP contribution in [0.3, 0.4) is 0 Å². The monoisotopic (exact) mass is 435 g/mol. The zero-order valence-electron chi connectivity index (χ0n) is 17.1. The van der Waals surface area contributed by atoms with Crippen molar-refractivity contribution in [1.29, 1.82) is 0 Å². The normalized spacial score (nSPS) is 14.3. The zero-order valence-corrected chi connectivity index (χ0v) is 17.9. The average Bonchev–Trinajstić information content (AvgIpc) is 3.32. The maximum atomic E-state index is 12.7. The average molecular weight is 436 g/mol. The number of benzene rings is 2. The number of nitrogens with one attached hydrogen (secondary N) is 1. The fourth-order valence-corrected chi connectivity index (χ4v) is 4.27. The quantitative estimate of drug-likeness (QED) is 0.580. The second kappa shape index (κ2) is 9.66. The molecule has 0 radical (unpaired) electrons. The molecule has 1 aromatic heterocycles. The molecule has 0 unspecified atom stereocenters. The fraction of sp³-hybridized carbons (Fsp3) is 0.250. The molecule has 2 aromatic carbocycles. The van der Waals surface area contributed by atoms with Crippen LogP contribution in [0.4, 0.5) is 11.4 Å². The van der Waals surface area contributed by atoms with Gasteiger partial charge >= 0.3 is 0 Å². The maximum Gasteiger partial charge on any atom is 0.255 e. The van der Waals surface area contributed by atoms with E-state index in [9.17, 15) is 9.59 Å². The van der Waals surface area contributed by atoms with Crippen molar-refractivity contribution in [3.05, 3.63) is 76.5 Å². The summed E-state index contributed by atoms with van der Waals surface area (Å²) in [6.45, 7) is 2.09. The number of hydrogen-bond donors (Lipinski definition) is 2. The van der Waals surface area contributed by atoms with Crippen LogP contribution in [0.1, 0.15) is 28.1 Å². The lowest BCUT2D eigenvalue weighted by atomic mass is 9.96. The summed E-state index contributed by atoms with van der Waals surface area (Å²) in [5, 5.41) is 4.95. The molecular formula is C24H25N3O3S. The molecule has 1 saturated heterocycles. The number of nitrogens with two attached hydrogens (primary N) is 1. The van der Waals surface area contributed by atoms with Crippen LogP contribution in [0.5, 0.6) is 5.75 Å². The van der Waals surface area contributed by atoms with E-state index in [0.717, 1.165) is 42.2 Å². The maximum absolute atomic E-state index is 12.7. The molecule has 160 valence electrons. The highest BCUT2D eigenvalue weighted by Crippen LogP contribution is 2.25. The number of nitrogens with zero attached hydrogens (tertiary/aromatic N) is 1. The highest BCUT2D eigenvalue weighted by Gasteiger charge is 2.23. The summed E-state index contributed by atoms with van der Waals surface area (Å²) >= 11 is 1.64. The van der Waals surface area contributed by atoms with Gasteiger partial charge < -0.3 is 20.7 Å². The van der Waals surface area contributed by atoms with Gasteiger partial charge in [0.15, 0.2) is 0 Å². The van der Waals surface area contributed by atoms with E-state index in [4.69, 9.17) is 10.5 Å². The van der Waals surface area contributed by atoms with Gasteiger partial charge in [0, 0.05) is 40.8 Å². The third-order valence-electron chi connectivity index (χ3n) is 5.45. The molecule has 4 rings (SSSR count). The lowest BCUT2D eigenvalue weighted by Gasteiger charge is -2.32. The van der Waals surface area contributed by atoms with Crippen LogP contribution in [-0.2, 0) is 11.4 Å². The van der Waals surface area contributed by atoms with Crippen LogP contribution in [0.2, 0.25) is 0 Å². The van der Waals surface area contributed by atoms with Crippen LogP contribution in [0, 0.1) is 5.92 Å². The molecule has 2 amide bonds. The Bertz CT molecular complexity index is 1030. The standard InChI is InChI=1S/C24H25N3O3S/c25-23(28)17-10-12-27(13-11-17)20-8-6-19(7-9-20)26-24(29)18-3-1-4-21(15-18)30-16-22-5-2-14-31-22/h1-9,14-15,17H,10-13,16H2,(H2,25,28)(H,26,29). The molecule has 1 fully saturated rings. The molecule has 1 aliphatic heterocycles. The number of piperidine rings is 1. The van der Waals surface area contributed by atoms with E-state index in [1.54, 1.807) is 23.5 Å². The predicted molar refractivity (Wildman–Crippen MR) is 124 cm³/mol. The lowest BCUT2D eigenvalue weighted by molar-refractivity contribution is -0.122. The number of ether oxygens (including phenoxy) is 1. The minimum atomic E-state index is -0.210. The topological polar surface area (TPSA) is 84.7 Å². The summed E-state index contributed by atoms with van der Waals surface area (Å²) in [6, 6.07) is 19.0. The number of primary amides is 1. The highest BCUT2D eigenvalue weighted by molar-refractivity contribution is 7.09. The van der Waals surface area contributed by atoms with Gasteiger partial charge in [-0.25, -0.2) is 0 Å². The summed E-state index contributed by atoms with van der Waals surface area (Å²) < 4.78 is 5.79. The third-order valence-corrected chi connectivity index (χ3v) is 6.29. The Hall–Kier alpha value is -3.32. The minimum absolute atomic E-state index is 0.0279. The Kier molecular flexibility index (Phi) is 6.52. The third kappa shape index (κ3) is 5.44. The van der Waals surface area contributed by atoms with Crippen molar-refractivity contribution in [2.24, 2.45) is 11.7 Å². The van der Waals surface area contributed by atoms with Crippen molar-refractivity contribution < 1.29 is 14.3 Å². The summed E-state index contributed by atoms with van der Waals surface area (Å²) in [7, 11) is 0. The molecule has 3 aromatic rings. The van der Waals surface area contributed by atoms with Crippen molar-refractivity contribution in [2.45, 2.75) is 19.4 Å². The summed E-state index contributed by atoms with van der Waals surface area (Å²) in [6.07, 6.45) is 1.55. The summed E-state index contributed by atoms with van der Waals surface area (Å²) in [5.74, 6) is 0.242. The van der Waals surface area contributed by atoms with E-state index in [1.807, 2.05) is 53.9 Å². The van der Waals surface area contributed by atoms with Crippen LogP contribution in [-0.4, -0.2) is 24.9 Å². The summed E-state index contributed by atoms with van der Waals surface area (Å²) in [5.41, 5.74) is 7.75. The number of rotatable bonds is 7. The second-order valence-corrected chi connectivity index (χ2v) is 8.59. The first-order valence-electron chi connectivity index (χ1n) is 10.3. The first-order valence-corrected chi connectivity index (χ1v) is 11.2.